The van der Waals surface area contributed by atoms with Gasteiger partial charge in [-0.2, -0.15) is 0 Å². The molecule has 1 aromatic heterocycles. The van der Waals surface area contributed by atoms with Crippen molar-refractivity contribution in [2.24, 2.45) is 0 Å². The predicted octanol–water partition coefficient (Wildman–Crippen LogP) is 3.45. The summed E-state index contributed by atoms with van der Waals surface area (Å²) in [6, 6.07) is 9.54. The Labute approximate surface area is 161 Å². The maximum absolute atomic E-state index is 13.0. The fourth-order valence-corrected chi connectivity index (χ4v) is 5.47. The van der Waals surface area contributed by atoms with Crippen LogP contribution in [0.1, 0.15) is 24.2 Å². The summed E-state index contributed by atoms with van der Waals surface area (Å²) in [6.07, 6.45) is -0.139. The van der Waals surface area contributed by atoms with Gasteiger partial charge in [0.25, 0.3) is 15.9 Å². The third-order valence-corrected chi connectivity index (χ3v) is 7.01. The van der Waals surface area contributed by atoms with Gasteiger partial charge in [0.2, 0.25) is 0 Å². The van der Waals surface area contributed by atoms with Crippen LogP contribution in [0.4, 0.5) is 5.69 Å². The normalized spacial score (nSPS) is 20.8. The molecule has 0 bridgehead atoms. The number of benzene rings is 1. The Morgan fingerprint density at radius 2 is 1.85 bits per heavy atom. The van der Waals surface area contributed by atoms with Crippen LogP contribution in [0.3, 0.4) is 0 Å². The Morgan fingerprint density at radius 3 is 2.46 bits per heavy atom. The number of thiophene rings is 1. The molecule has 2 unspecified atom stereocenters. The summed E-state index contributed by atoms with van der Waals surface area (Å²) in [7, 11) is -3.81. The number of carbonyl (C=O) groups is 1. The number of sulfonamides is 1. The first-order valence-electron chi connectivity index (χ1n) is 8.08. The van der Waals surface area contributed by atoms with Gasteiger partial charge in [-0.05, 0) is 38.1 Å². The molecule has 9 heteroatoms. The van der Waals surface area contributed by atoms with Crippen molar-refractivity contribution in [2.45, 2.75) is 30.3 Å². The van der Waals surface area contributed by atoms with Crippen LogP contribution in [-0.4, -0.2) is 44.5 Å². The van der Waals surface area contributed by atoms with Crippen molar-refractivity contribution >= 4 is 44.6 Å². The van der Waals surface area contributed by atoms with Gasteiger partial charge in [-0.3, -0.25) is 9.52 Å². The second-order valence-corrected chi connectivity index (χ2v) is 9.80. The summed E-state index contributed by atoms with van der Waals surface area (Å²) < 4.78 is 33.8. The standard InChI is InChI=1S/C17H19ClN2O4S2/c1-11-9-20(10-12(2)24-11)17(21)13-5-3-4-6-14(13)19-26(22,23)16-8-7-15(18)25-16/h3-8,11-12,19H,9-10H2,1-2H3. The molecule has 3 rings (SSSR count). The van der Waals surface area contributed by atoms with E-state index in [1.54, 1.807) is 29.2 Å². The second kappa shape index (κ2) is 7.56. The van der Waals surface area contributed by atoms with E-state index in [0.29, 0.717) is 23.0 Å². The van der Waals surface area contributed by atoms with Crippen molar-refractivity contribution in [1.29, 1.82) is 0 Å². The number of hydrogen-bond donors (Lipinski definition) is 1. The van der Waals surface area contributed by atoms with Crippen molar-refractivity contribution in [3.8, 4) is 0 Å². The highest BCUT2D eigenvalue weighted by atomic mass is 35.5. The van der Waals surface area contributed by atoms with E-state index in [9.17, 15) is 13.2 Å². The topological polar surface area (TPSA) is 75.7 Å². The molecule has 0 aliphatic carbocycles. The molecule has 2 aromatic rings. The number of carbonyl (C=O) groups excluding carboxylic acids is 1. The Balaban J connectivity index is 1.87. The van der Waals surface area contributed by atoms with E-state index in [1.807, 2.05) is 13.8 Å². The molecule has 1 fully saturated rings. The maximum Gasteiger partial charge on any atom is 0.271 e. The maximum atomic E-state index is 13.0. The van der Waals surface area contributed by atoms with Gasteiger partial charge in [-0.15, -0.1) is 11.3 Å². The third kappa shape index (κ3) is 4.20. The number of amides is 1. The largest absolute Gasteiger partial charge is 0.372 e. The van der Waals surface area contributed by atoms with Crippen molar-refractivity contribution in [2.75, 3.05) is 17.8 Å². The van der Waals surface area contributed by atoms with Gasteiger partial charge in [0.15, 0.2) is 0 Å². The van der Waals surface area contributed by atoms with E-state index < -0.39 is 10.0 Å². The molecule has 1 N–H and O–H groups in total. The number of para-hydroxylation sites is 1. The molecular formula is C17H19ClN2O4S2. The minimum absolute atomic E-state index is 0.0696. The van der Waals surface area contributed by atoms with E-state index in [4.69, 9.17) is 16.3 Å². The molecule has 6 nitrogen and oxygen atoms in total. The van der Waals surface area contributed by atoms with Crippen LogP contribution in [0.25, 0.3) is 0 Å². The van der Waals surface area contributed by atoms with Gasteiger partial charge in [0, 0.05) is 13.1 Å². The number of morpholine rings is 1. The summed E-state index contributed by atoms with van der Waals surface area (Å²) in [5.41, 5.74) is 0.550. The Hall–Kier alpha value is -1.61. The molecule has 1 aliphatic heterocycles. The molecule has 1 aromatic carbocycles. The SMILES string of the molecule is CC1CN(C(=O)c2ccccc2NS(=O)(=O)c2ccc(Cl)s2)CC(C)O1. The molecule has 2 atom stereocenters. The number of halogens is 1. The lowest BCUT2D eigenvalue weighted by Crippen LogP contribution is -2.48. The van der Waals surface area contributed by atoms with Crippen LogP contribution in [0, 0.1) is 0 Å². The zero-order valence-corrected chi connectivity index (χ0v) is 16.7. The summed E-state index contributed by atoms with van der Waals surface area (Å²) >= 11 is 6.79. The zero-order valence-electron chi connectivity index (χ0n) is 14.3. The van der Waals surface area contributed by atoms with Gasteiger partial charge in [0.05, 0.1) is 27.8 Å². The van der Waals surface area contributed by atoms with Crippen LogP contribution in [-0.2, 0) is 14.8 Å². The number of anilines is 1. The summed E-state index contributed by atoms with van der Waals surface area (Å²) in [6.45, 7) is 4.74. The summed E-state index contributed by atoms with van der Waals surface area (Å²) in [5.74, 6) is -0.227. The lowest BCUT2D eigenvalue weighted by molar-refractivity contribution is -0.0585. The van der Waals surface area contributed by atoms with Crippen LogP contribution >= 0.6 is 22.9 Å². The fraction of sp³-hybridized carbons (Fsp3) is 0.353. The van der Waals surface area contributed by atoms with E-state index >= 15 is 0 Å². The molecule has 1 amide bonds. The van der Waals surface area contributed by atoms with E-state index in [1.165, 1.54) is 12.1 Å². The van der Waals surface area contributed by atoms with Gasteiger partial charge in [-0.1, -0.05) is 23.7 Å². The molecular weight excluding hydrogens is 396 g/mol. The zero-order chi connectivity index (χ0) is 18.9. The van der Waals surface area contributed by atoms with Crippen molar-refractivity contribution < 1.29 is 17.9 Å². The molecule has 26 heavy (non-hydrogen) atoms. The van der Waals surface area contributed by atoms with Gasteiger partial charge in [0.1, 0.15) is 4.21 Å². The third-order valence-electron chi connectivity index (χ3n) is 3.92. The first kappa shape index (κ1) is 19.2. The molecule has 1 aliphatic rings. The minimum Gasteiger partial charge on any atom is -0.372 e. The average molecular weight is 415 g/mol. The first-order chi connectivity index (χ1) is 12.3. The highest BCUT2D eigenvalue weighted by molar-refractivity contribution is 7.94. The average Bonchev–Trinajstić information content (AvgIpc) is 3.01. The van der Waals surface area contributed by atoms with Gasteiger partial charge in [-0.25, -0.2) is 8.42 Å². The number of ether oxygens (including phenoxy) is 1. The highest BCUT2D eigenvalue weighted by Gasteiger charge is 2.28. The van der Waals surface area contributed by atoms with E-state index in [-0.39, 0.29) is 28.0 Å². The molecule has 140 valence electrons. The molecule has 0 saturated carbocycles. The lowest BCUT2D eigenvalue weighted by atomic mass is 10.1. The number of nitrogens with zero attached hydrogens (tertiary/aromatic N) is 1. The predicted molar refractivity (Wildman–Crippen MR) is 102 cm³/mol. The fourth-order valence-electron chi connectivity index (χ4n) is 2.91. The van der Waals surface area contributed by atoms with Crippen molar-refractivity contribution in [3.63, 3.8) is 0 Å². The molecule has 0 radical (unpaired) electrons. The van der Waals surface area contributed by atoms with Crippen molar-refractivity contribution in [1.82, 2.24) is 4.90 Å². The van der Waals surface area contributed by atoms with Crippen molar-refractivity contribution in [3.05, 3.63) is 46.3 Å². The Morgan fingerprint density at radius 1 is 1.19 bits per heavy atom. The van der Waals surface area contributed by atoms with E-state index in [2.05, 4.69) is 4.72 Å². The van der Waals surface area contributed by atoms with Crippen LogP contribution in [0.5, 0.6) is 0 Å². The number of nitrogens with one attached hydrogen (secondary N) is 1. The highest BCUT2D eigenvalue weighted by Crippen LogP contribution is 2.28. The quantitative estimate of drug-likeness (QED) is 0.831. The summed E-state index contributed by atoms with van der Waals surface area (Å²) in [4.78, 5) is 14.6. The first-order valence-corrected chi connectivity index (χ1v) is 10.8. The van der Waals surface area contributed by atoms with Crippen LogP contribution < -0.4 is 4.72 Å². The number of rotatable bonds is 4. The number of hydrogen-bond acceptors (Lipinski definition) is 5. The monoisotopic (exact) mass is 414 g/mol. The molecule has 1 saturated heterocycles. The van der Waals surface area contributed by atoms with Gasteiger partial charge >= 0.3 is 0 Å². The lowest BCUT2D eigenvalue weighted by Gasteiger charge is -2.35. The molecule has 2 heterocycles. The second-order valence-electron chi connectivity index (χ2n) is 6.18. The summed E-state index contributed by atoms with van der Waals surface area (Å²) in [5, 5.41) is 0. The smallest absolute Gasteiger partial charge is 0.271 e. The van der Waals surface area contributed by atoms with Gasteiger partial charge < -0.3 is 9.64 Å². The van der Waals surface area contributed by atoms with Crippen LogP contribution in [0.15, 0.2) is 40.6 Å². The Bertz CT molecular complexity index is 903. The Kier molecular flexibility index (Phi) is 5.57. The van der Waals surface area contributed by atoms with Crippen LogP contribution in [0.2, 0.25) is 4.34 Å². The van der Waals surface area contributed by atoms with E-state index in [0.717, 1.165) is 11.3 Å². The minimum atomic E-state index is -3.81. The molecule has 0 spiro atoms.